The van der Waals surface area contributed by atoms with E-state index in [-0.39, 0.29) is 18.5 Å². The van der Waals surface area contributed by atoms with Crippen LogP contribution in [0.4, 0.5) is 5.69 Å². The number of esters is 1. The summed E-state index contributed by atoms with van der Waals surface area (Å²) in [6.45, 7) is 1.26. The monoisotopic (exact) mass is 381 g/mol. The van der Waals surface area contributed by atoms with Crippen LogP contribution >= 0.6 is 0 Å². The van der Waals surface area contributed by atoms with E-state index in [9.17, 15) is 14.4 Å². The highest BCUT2D eigenvalue weighted by Crippen LogP contribution is 2.16. The molecule has 0 saturated heterocycles. The molecule has 2 heterocycles. The van der Waals surface area contributed by atoms with Crippen LogP contribution in [0.15, 0.2) is 48.8 Å². The fourth-order valence-electron chi connectivity index (χ4n) is 2.74. The third-order valence-electron chi connectivity index (χ3n) is 4.05. The van der Waals surface area contributed by atoms with Crippen molar-refractivity contribution in [2.24, 2.45) is 5.73 Å². The van der Waals surface area contributed by atoms with Gasteiger partial charge in [-0.25, -0.2) is 14.3 Å². The summed E-state index contributed by atoms with van der Waals surface area (Å²) in [5, 5.41) is 4.20. The Bertz CT molecular complexity index is 1020. The number of ether oxygens (including phenoxy) is 1. The molecule has 0 atom stereocenters. The molecule has 2 amide bonds. The number of hydrogen-bond acceptors (Lipinski definition) is 6. The number of benzene rings is 1. The van der Waals surface area contributed by atoms with E-state index < -0.39 is 24.4 Å². The van der Waals surface area contributed by atoms with Crippen LogP contribution in [0.25, 0.3) is 5.65 Å². The number of anilines is 1. The zero-order chi connectivity index (χ0) is 20.1. The lowest BCUT2D eigenvalue weighted by Crippen LogP contribution is -2.37. The summed E-state index contributed by atoms with van der Waals surface area (Å²) in [5.41, 5.74) is 6.79. The Balaban J connectivity index is 1.73. The second-order valence-corrected chi connectivity index (χ2v) is 6.02. The number of aromatic nitrogens is 3. The molecular formula is C19H19N5O4. The Morgan fingerprint density at radius 3 is 2.64 bits per heavy atom. The van der Waals surface area contributed by atoms with Crippen LogP contribution in [-0.2, 0) is 14.3 Å². The SMILES string of the molecule is Cc1nn2cccnc2c1C(=O)OCC(=O)N(CCC(N)=O)c1ccccc1. The first kappa shape index (κ1) is 19.0. The van der Waals surface area contributed by atoms with Crippen molar-refractivity contribution >= 4 is 29.1 Å². The summed E-state index contributed by atoms with van der Waals surface area (Å²) in [6.07, 6.45) is 3.20. The molecule has 0 bridgehead atoms. The molecule has 0 fully saturated rings. The largest absolute Gasteiger partial charge is 0.452 e. The minimum atomic E-state index is -0.692. The van der Waals surface area contributed by atoms with Crippen molar-refractivity contribution in [3.8, 4) is 0 Å². The second kappa shape index (κ2) is 8.30. The Kier molecular flexibility index (Phi) is 5.64. The van der Waals surface area contributed by atoms with Crippen molar-refractivity contribution in [1.29, 1.82) is 0 Å². The van der Waals surface area contributed by atoms with E-state index >= 15 is 0 Å². The van der Waals surface area contributed by atoms with Gasteiger partial charge < -0.3 is 15.4 Å². The number of nitrogens with zero attached hydrogens (tertiary/aromatic N) is 4. The normalized spacial score (nSPS) is 10.6. The summed E-state index contributed by atoms with van der Waals surface area (Å²) < 4.78 is 6.68. The molecule has 0 unspecified atom stereocenters. The van der Waals surface area contributed by atoms with Gasteiger partial charge in [0.15, 0.2) is 12.3 Å². The molecule has 3 rings (SSSR count). The first-order valence-electron chi connectivity index (χ1n) is 8.58. The topological polar surface area (TPSA) is 120 Å². The van der Waals surface area contributed by atoms with Gasteiger partial charge in [-0.05, 0) is 25.1 Å². The Morgan fingerprint density at radius 1 is 1.18 bits per heavy atom. The highest BCUT2D eigenvalue weighted by Gasteiger charge is 2.23. The molecule has 9 nitrogen and oxygen atoms in total. The predicted molar refractivity (Wildman–Crippen MR) is 101 cm³/mol. The van der Waals surface area contributed by atoms with Crippen LogP contribution in [0.2, 0.25) is 0 Å². The van der Waals surface area contributed by atoms with Gasteiger partial charge in [0.2, 0.25) is 5.91 Å². The minimum Gasteiger partial charge on any atom is -0.452 e. The Morgan fingerprint density at radius 2 is 1.93 bits per heavy atom. The minimum absolute atomic E-state index is 0.00828. The zero-order valence-corrected chi connectivity index (χ0v) is 15.2. The van der Waals surface area contributed by atoms with Crippen LogP contribution in [0.1, 0.15) is 22.5 Å². The number of primary amides is 1. The van der Waals surface area contributed by atoms with E-state index in [1.807, 2.05) is 0 Å². The van der Waals surface area contributed by atoms with Gasteiger partial charge in [-0.1, -0.05) is 18.2 Å². The summed E-state index contributed by atoms with van der Waals surface area (Å²) in [4.78, 5) is 41.8. The number of nitrogens with two attached hydrogens (primary N) is 1. The van der Waals surface area contributed by atoms with Gasteiger partial charge in [0.25, 0.3) is 5.91 Å². The second-order valence-electron chi connectivity index (χ2n) is 6.02. The molecule has 9 heteroatoms. The van der Waals surface area contributed by atoms with Crippen molar-refractivity contribution in [1.82, 2.24) is 14.6 Å². The molecule has 2 aromatic heterocycles. The molecule has 3 aromatic rings. The highest BCUT2D eigenvalue weighted by molar-refractivity contribution is 6.00. The first-order valence-corrected chi connectivity index (χ1v) is 8.58. The third-order valence-corrected chi connectivity index (χ3v) is 4.05. The summed E-state index contributed by atoms with van der Waals surface area (Å²) in [5.74, 6) is -1.69. The number of para-hydroxylation sites is 1. The van der Waals surface area contributed by atoms with Gasteiger partial charge in [-0.3, -0.25) is 9.59 Å². The number of carbonyl (C=O) groups excluding carboxylic acids is 3. The van der Waals surface area contributed by atoms with E-state index in [4.69, 9.17) is 10.5 Å². The van der Waals surface area contributed by atoms with E-state index in [0.29, 0.717) is 17.0 Å². The summed E-state index contributed by atoms with van der Waals surface area (Å²) >= 11 is 0. The van der Waals surface area contributed by atoms with E-state index in [1.165, 1.54) is 9.42 Å². The predicted octanol–water partition coefficient (Wildman–Crippen LogP) is 1.10. The lowest BCUT2D eigenvalue weighted by molar-refractivity contribution is -0.121. The molecule has 0 aliphatic carbocycles. The number of aryl methyl sites for hydroxylation is 1. The van der Waals surface area contributed by atoms with Crippen LogP contribution in [-0.4, -0.2) is 45.5 Å². The number of carbonyl (C=O) groups is 3. The third kappa shape index (κ3) is 4.14. The van der Waals surface area contributed by atoms with Crippen LogP contribution in [0, 0.1) is 6.92 Å². The van der Waals surface area contributed by atoms with Crippen molar-refractivity contribution in [3.63, 3.8) is 0 Å². The Labute approximate surface area is 160 Å². The number of fused-ring (bicyclic) bond motifs is 1. The van der Waals surface area contributed by atoms with Crippen molar-refractivity contribution in [2.45, 2.75) is 13.3 Å². The summed E-state index contributed by atoms with van der Waals surface area (Å²) in [7, 11) is 0. The molecular weight excluding hydrogens is 362 g/mol. The maximum Gasteiger partial charge on any atom is 0.344 e. The standard InChI is InChI=1S/C19H19N5O4/c1-13-17(18-21-9-5-10-24(18)22-13)19(27)28-12-16(26)23(11-8-15(20)25)14-6-3-2-4-7-14/h2-7,9-10H,8,11-12H2,1H3,(H2,20,25). The number of rotatable bonds is 7. The molecule has 0 aliphatic rings. The highest BCUT2D eigenvalue weighted by atomic mass is 16.5. The van der Waals surface area contributed by atoms with Crippen molar-refractivity contribution in [3.05, 3.63) is 60.0 Å². The molecule has 144 valence electrons. The molecule has 0 radical (unpaired) electrons. The van der Waals surface area contributed by atoms with Gasteiger partial charge in [0.05, 0.1) is 5.69 Å². The maximum absolute atomic E-state index is 12.6. The summed E-state index contributed by atoms with van der Waals surface area (Å²) in [6, 6.07) is 10.5. The van der Waals surface area contributed by atoms with Gasteiger partial charge in [-0.15, -0.1) is 0 Å². The molecule has 0 aliphatic heterocycles. The Hall–Kier alpha value is -3.75. The molecule has 1 aromatic carbocycles. The van der Waals surface area contributed by atoms with E-state index in [2.05, 4.69) is 10.1 Å². The quantitative estimate of drug-likeness (QED) is 0.612. The number of amides is 2. The van der Waals surface area contributed by atoms with Crippen molar-refractivity contribution < 1.29 is 19.1 Å². The molecule has 0 spiro atoms. The zero-order valence-electron chi connectivity index (χ0n) is 15.2. The van der Waals surface area contributed by atoms with Gasteiger partial charge >= 0.3 is 5.97 Å². The fourth-order valence-corrected chi connectivity index (χ4v) is 2.74. The molecule has 2 N–H and O–H groups in total. The van der Waals surface area contributed by atoms with Crippen LogP contribution in [0.3, 0.4) is 0 Å². The first-order chi connectivity index (χ1) is 13.5. The number of hydrogen-bond donors (Lipinski definition) is 1. The van der Waals surface area contributed by atoms with Crippen LogP contribution < -0.4 is 10.6 Å². The average Bonchev–Trinajstić information content (AvgIpc) is 3.02. The van der Waals surface area contributed by atoms with Crippen molar-refractivity contribution in [2.75, 3.05) is 18.1 Å². The fraction of sp³-hybridized carbons (Fsp3) is 0.211. The van der Waals surface area contributed by atoms with E-state index in [1.54, 1.807) is 55.7 Å². The lowest BCUT2D eigenvalue weighted by Gasteiger charge is -2.22. The van der Waals surface area contributed by atoms with Gasteiger partial charge in [0, 0.05) is 31.0 Å². The molecule has 0 saturated carbocycles. The van der Waals surface area contributed by atoms with E-state index in [0.717, 1.165) is 0 Å². The van der Waals surface area contributed by atoms with Gasteiger partial charge in [-0.2, -0.15) is 5.10 Å². The van der Waals surface area contributed by atoms with Crippen LogP contribution in [0.5, 0.6) is 0 Å². The smallest absolute Gasteiger partial charge is 0.344 e. The lowest BCUT2D eigenvalue weighted by atomic mass is 10.2. The molecule has 28 heavy (non-hydrogen) atoms. The van der Waals surface area contributed by atoms with Gasteiger partial charge in [0.1, 0.15) is 5.56 Å². The average molecular weight is 381 g/mol. The maximum atomic E-state index is 12.6.